The lowest BCUT2D eigenvalue weighted by molar-refractivity contribution is -0.0908. The zero-order valence-electron chi connectivity index (χ0n) is 14.1. The molecule has 0 saturated heterocycles. The first-order valence-electron chi connectivity index (χ1n) is 8.56. The van der Waals surface area contributed by atoms with E-state index in [4.69, 9.17) is 4.74 Å². The molecule has 0 saturated carbocycles. The summed E-state index contributed by atoms with van der Waals surface area (Å²) in [6, 6.07) is 9.21. The second-order valence-corrected chi connectivity index (χ2v) is 6.79. The highest BCUT2D eigenvalue weighted by atomic mass is 16.5. The van der Waals surface area contributed by atoms with Gasteiger partial charge in [-0.05, 0) is 63.6 Å². The van der Waals surface area contributed by atoms with Gasteiger partial charge in [0, 0.05) is 0 Å². The van der Waals surface area contributed by atoms with Crippen LogP contribution in [0.3, 0.4) is 0 Å². The number of hydrogen-bond acceptors (Lipinski definition) is 2. The van der Waals surface area contributed by atoms with Crippen molar-refractivity contribution in [1.29, 1.82) is 0 Å². The van der Waals surface area contributed by atoms with Gasteiger partial charge in [-0.1, -0.05) is 38.1 Å². The molecule has 1 aliphatic rings. The average Bonchev–Trinajstić information content (AvgIpc) is 2.64. The van der Waals surface area contributed by atoms with Gasteiger partial charge in [-0.25, -0.2) is 0 Å². The van der Waals surface area contributed by atoms with Crippen LogP contribution in [-0.2, 0) is 11.2 Å². The summed E-state index contributed by atoms with van der Waals surface area (Å²) in [5, 5.41) is 3.74. The molecule has 2 atom stereocenters. The molecule has 1 aliphatic carbocycles. The average molecular weight is 289 g/mol. The Morgan fingerprint density at radius 1 is 1.24 bits per heavy atom. The van der Waals surface area contributed by atoms with Crippen molar-refractivity contribution >= 4 is 0 Å². The van der Waals surface area contributed by atoms with Crippen LogP contribution < -0.4 is 5.32 Å². The van der Waals surface area contributed by atoms with Crippen LogP contribution in [0.25, 0.3) is 0 Å². The van der Waals surface area contributed by atoms with Crippen LogP contribution >= 0.6 is 0 Å². The van der Waals surface area contributed by atoms with Crippen LogP contribution in [0.15, 0.2) is 24.3 Å². The Kier molecular flexibility index (Phi) is 5.83. The predicted molar refractivity (Wildman–Crippen MR) is 89.7 cm³/mol. The maximum atomic E-state index is 6.51. The SMILES string of the molecule is CCCNC1c2ccccc2CCCC1OC(C)(C)CC. The fourth-order valence-corrected chi connectivity index (χ4v) is 3.09. The van der Waals surface area contributed by atoms with E-state index in [2.05, 4.69) is 57.3 Å². The lowest BCUT2D eigenvalue weighted by Gasteiger charge is -2.35. The number of aryl methyl sites for hydroxylation is 1. The van der Waals surface area contributed by atoms with E-state index in [1.165, 1.54) is 24.0 Å². The summed E-state index contributed by atoms with van der Waals surface area (Å²) in [6.45, 7) is 9.90. The van der Waals surface area contributed by atoms with Crippen molar-refractivity contribution in [2.75, 3.05) is 6.54 Å². The molecule has 21 heavy (non-hydrogen) atoms. The Labute approximate surface area is 130 Å². The molecule has 2 heteroatoms. The first-order chi connectivity index (χ1) is 10.1. The minimum absolute atomic E-state index is 0.0455. The van der Waals surface area contributed by atoms with Gasteiger partial charge in [0.25, 0.3) is 0 Å². The van der Waals surface area contributed by atoms with Crippen LogP contribution in [-0.4, -0.2) is 18.2 Å². The van der Waals surface area contributed by atoms with Crippen LogP contribution in [0.5, 0.6) is 0 Å². The summed E-state index contributed by atoms with van der Waals surface area (Å²) in [5.41, 5.74) is 2.89. The number of nitrogens with one attached hydrogen (secondary N) is 1. The summed E-state index contributed by atoms with van der Waals surface area (Å²) < 4.78 is 6.51. The number of fused-ring (bicyclic) bond motifs is 1. The van der Waals surface area contributed by atoms with Gasteiger partial charge in [0.05, 0.1) is 17.7 Å². The number of rotatable bonds is 6. The summed E-state index contributed by atoms with van der Waals surface area (Å²) in [6.07, 6.45) is 6.00. The molecule has 0 aliphatic heterocycles. The van der Waals surface area contributed by atoms with E-state index in [0.717, 1.165) is 25.8 Å². The largest absolute Gasteiger partial charge is 0.370 e. The highest BCUT2D eigenvalue weighted by Crippen LogP contribution is 2.33. The van der Waals surface area contributed by atoms with Crippen molar-refractivity contribution in [3.63, 3.8) is 0 Å². The molecule has 0 aromatic heterocycles. The maximum Gasteiger partial charge on any atom is 0.0777 e. The molecule has 1 aromatic carbocycles. The molecule has 1 aromatic rings. The molecule has 0 bridgehead atoms. The first-order valence-corrected chi connectivity index (χ1v) is 8.56. The standard InChI is InChI=1S/C19H31NO/c1-5-14-20-18-16-12-8-7-10-15(16)11-9-13-17(18)21-19(3,4)6-2/h7-8,10,12,17-18,20H,5-6,9,11,13-14H2,1-4H3. The fraction of sp³-hybridized carbons (Fsp3) is 0.684. The van der Waals surface area contributed by atoms with E-state index >= 15 is 0 Å². The van der Waals surface area contributed by atoms with Crippen molar-refractivity contribution < 1.29 is 4.74 Å². The molecule has 2 nitrogen and oxygen atoms in total. The van der Waals surface area contributed by atoms with Crippen molar-refractivity contribution in [1.82, 2.24) is 5.32 Å². The fourth-order valence-electron chi connectivity index (χ4n) is 3.09. The van der Waals surface area contributed by atoms with Gasteiger partial charge in [-0.2, -0.15) is 0 Å². The third-order valence-electron chi connectivity index (χ3n) is 4.63. The van der Waals surface area contributed by atoms with E-state index in [-0.39, 0.29) is 11.7 Å². The Morgan fingerprint density at radius 2 is 2.00 bits per heavy atom. The van der Waals surface area contributed by atoms with Crippen molar-refractivity contribution in [3.05, 3.63) is 35.4 Å². The zero-order valence-corrected chi connectivity index (χ0v) is 14.1. The van der Waals surface area contributed by atoms with Gasteiger partial charge in [-0.15, -0.1) is 0 Å². The molecule has 0 heterocycles. The van der Waals surface area contributed by atoms with Crippen LogP contribution in [0, 0.1) is 0 Å². The van der Waals surface area contributed by atoms with E-state index in [1.807, 2.05) is 0 Å². The molecule has 0 amide bonds. The van der Waals surface area contributed by atoms with Crippen LogP contribution in [0.1, 0.15) is 70.5 Å². The van der Waals surface area contributed by atoms with Gasteiger partial charge in [-0.3, -0.25) is 0 Å². The Balaban J connectivity index is 2.26. The third-order valence-corrected chi connectivity index (χ3v) is 4.63. The molecular weight excluding hydrogens is 258 g/mol. The molecular formula is C19H31NO. The zero-order chi connectivity index (χ0) is 15.3. The second-order valence-electron chi connectivity index (χ2n) is 6.79. The lowest BCUT2D eigenvalue weighted by atomic mass is 9.96. The van der Waals surface area contributed by atoms with E-state index in [0.29, 0.717) is 6.04 Å². The number of benzene rings is 1. The Morgan fingerprint density at radius 3 is 2.71 bits per heavy atom. The highest BCUT2D eigenvalue weighted by molar-refractivity contribution is 5.32. The number of hydrogen-bond donors (Lipinski definition) is 1. The van der Waals surface area contributed by atoms with Crippen molar-refractivity contribution in [3.8, 4) is 0 Å². The van der Waals surface area contributed by atoms with Crippen LogP contribution in [0.4, 0.5) is 0 Å². The molecule has 0 fully saturated rings. The van der Waals surface area contributed by atoms with E-state index < -0.39 is 0 Å². The van der Waals surface area contributed by atoms with Gasteiger partial charge < -0.3 is 10.1 Å². The van der Waals surface area contributed by atoms with Gasteiger partial charge >= 0.3 is 0 Å². The van der Waals surface area contributed by atoms with Crippen molar-refractivity contribution in [2.45, 2.75) is 77.5 Å². The van der Waals surface area contributed by atoms with E-state index in [1.54, 1.807) is 0 Å². The smallest absolute Gasteiger partial charge is 0.0777 e. The van der Waals surface area contributed by atoms with Gasteiger partial charge in [0.1, 0.15) is 0 Å². The normalized spacial score (nSPS) is 22.7. The molecule has 0 radical (unpaired) electrons. The highest BCUT2D eigenvalue weighted by Gasteiger charge is 2.31. The predicted octanol–water partition coefficient (Wildman–Crippen LogP) is 4.64. The molecule has 2 unspecified atom stereocenters. The van der Waals surface area contributed by atoms with Crippen LogP contribution in [0.2, 0.25) is 0 Å². The van der Waals surface area contributed by atoms with E-state index in [9.17, 15) is 0 Å². The van der Waals surface area contributed by atoms with Gasteiger partial charge in [0.15, 0.2) is 0 Å². The Bertz CT molecular complexity index is 441. The lowest BCUT2D eigenvalue weighted by Crippen LogP contribution is -2.39. The minimum Gasteiger partial charge on any atom is -0.370 e. The number of ether oxygens (including phenoxy) is 1. The quantitative estimate of drug-likeness (QED) is 0.770. The van der Waals surface area contributed by atoms with Gasteiger partial charge in [0.2, 0.25) is 0 Å². The second kappa shape index (κ2) is 7.42. The molecule has 0 spiro atoms. The Hall–Kier alpha value is -0.860. The first kappa shape index (κ1) is 16.5. The molecule has 118 valence electrons. The monoisotopic (exact) mass is 289 g/mol. The maximum absolute atomic E-state index is 6.51. The molecule has 2 rings (SSSR count). The molecule has 1 N–H and O–H groups in total. The summed E-state index contributed by atoms with van der Waals surface area (Å²) in [7, 11) is 0. The third kappa shape index (κ3) is 4.31. The van der Waals surface area contributed by atoms with Crippen molar-refractivity contribution in [2.24, 2.45) is 0 Å². The minimum atomic E-state index is -0.0455. The summed E-state index contributed by atoms with van der Waals surface area (Å²) in [4.78, 5) is 0. The summed E-state index contributed by atoms with van der Waals surface area (Å²) >= 11 is 0. The summed E-state index contributed by atoms with van der Waals surface area (Å²) in [5.74, 6) is 0. The topological polar surface area (TPSA) is 21.3 Å².